The summed E-state index contributed by atoms with van der Waals surface area (Å²) in [7, 11) is 0. The largest absolute Gasteiger partial charge is 0.445 e. The normalized spacial score (nSPS) is 15.4. The van der Waals surface area contributed by atoms with Gasteiger partial charge in [0.05, 0.1) is 31.8 Å². The molecular formula is C18H20N4O2. The molecule has 1 aliphatic heterocycles. The van der Waals surface area contributed by atoms with Crippen molar-refractivity contribution in [2.24, 2.45) is 0 Å². The Bertz CT molecular complexity index is 742. The van der Waals surface area contributed by atoms with Gasteiger partial charge in [0.15, 0.2) is 0 Å². The van der Waals surface area contributed by atoms with Gasteiger partial charge in [-0.15, -0.1) is 0 Å². The van der Waals surface area contributed by atoms with Crippen LogP contribution in [-0.2, 0) is 23.3 Å². The van der Waals surface area contributed by atoms with Crippen molar-refractivity contribution in [3.8, 4) is 6.07 Å². The first-order chi connectivity index (χ1) is 11.7. The molecule has 0 unspecified atom stereocenters. The molecule has 1 amide bonds. The van der Waals surface area contributed by atoms with Crippen LogP contribution in [0.2, 0.25) is 0 Å². The van der Waals surface area contributed by atoms with E-state index in [4.69, 9.17) is 10.00 Å². The van der Waals surface area contributed by atoms with Crippen LogP contribution in [0.1, 0.15) is 24.5 Å². The van der Waals surface area contributed by atoms with Crippen molar-refractivity contribution in [3.63, 3.8) is 0 Å². The zero-order valence-electron chi connectivity index (χ0n) is 13.7. The Morgan fingerprint density at radius 1 is 1.33 bits per heavy atom. The highest BCUT2D eigenvalue weighted by Gasteiger charge is 2.48. The maximum absolute atomic E-state index is 12.2. The van der Waals surface area contributed by atoms with E-state index < -0.39 is 5.54 Å². The number of benzene rings is 1. The summed E-state index contributed by atoms with van der Waals surface area (Å²) in [5.41, 5.74) is 1.64. The molecule has 0 radical (unpaired) electrons. The SMILES string of the molecule is CCc1cnn(C2(CC#N)CN(C(=O)OCc3ccccc3)C2)c1. The number of nitriles is 1. The fraction of sp³-hybridized carbons (Fsp3) is 0.389. The van der Waals surface area contributed by atoms with Crippen LogP contribution >= 0.6 is 0 Å². The van der Waals surface area contributed by atoms with Gasteiger partial charge < -0.3 is 9.64 Å². The highest BCUT2D eigenvalue weighted by molar-refractivity contribution is 5.69. The van der Waals surface area contributed by atoms with E-state index in [2.05, 4.69) is 18.1 Å². The number of likely N-dealkylation sites (tertiary alicyclic amines) is 1. The van der Waals surface area contributed by atoms with Crippen LogP contribution in [0.4, 0.5) is 4.79 Å². The van der Waals surface area contributed by atoms with E-state index in [1.54, 1.807) is 4.90 Å². The number of amides is 1. The minimum Gasteiger partial charge on any atom is -0.445 e. The number of aromatic nitrogens is 2. The van der Waals surface area contributed by atoms with Crippen molar-refractivity contribution in [1.29, 1.82) is 5.26 Å². The van der Waals surface area contributed by atoms with Crippen molar-refractivity contribution in [2.45, 2.75) is 31.9 Å². The Morgan fingerprint density at radius 3 is 2.71 bits per heavy atom. The Kier molecular flexibility index (Phi) is 4.52. The first-order valence-corrected chi connectivity index (χ1v) is 8.03. The summed E-state index contributed by atoms with van der Waals surface area (Å²) >= 11 is 0. The van der Waals surface area contributed by atoms with Gasteiger partial charge >= 0.3 is 6.09 Å². The van der Waals surface area contributed by atoms with Crippen LogP contribution in [0.25, 0.3) is 0 Å². The van der Waals surface area contributed by atoms with Crippen molar-refractivity contribution >= 4 is 6.09 Å². The highest BCUT2D eigenvalue weighted by Crippen LogP contribution is 2.32. The molecule has 3 rings (SSSR count). The summed E-state index contributed by atoms with van der Waals surface area (Å²) in [5.74, 6) is 0. The molecular weight excluding hydrogens is 304 g/mol. The van der Waals surface area contributed by atoms with Crippen molar-refractivity contribution in [3.05, 3.63) is 53.9 Å². The zero-order valence-corrected chi connectivity index (χ0v) is 13.7. The van der Waals surface area contributed by atoms with Gasteiger partial charge in [-0.1, -0.05) is 37.3 Å². The standard InChI is InChI=1S/C18H20N4O2/c1-2-15-10-20-22(11-15)18(8-9-19)13-21(14-18)17(23)24-12-16-6-4-3-5-7-16/h3-7,10-11H,2,8,12-14H2,1H3. The molecule has 0 N–H and O–H groups in total. The molecule has 1 aromatic carbocycles. The maximum Gasteiger partial charge on any atom is 0.410 e. The number of carbonyl (C=O) groups excluding carboxylic acids is 1. The molecule has 1 aromatic heterocycles. The monoisotopic (exact) mass is 324 g/mol. The smallest absolute Gasteiger partial charge is 0.410 e. The minimum atomic E-state index is -0.437. The molecule has 0 bridgehead atoms. The molecule has 0 saturated carbocycles. The van der Waals surface area contributed by atoms with Crippen LogP contribution < -0.4 is 0 Å². The second kappa shape index (κ2) is 6.75. The third kappa shape index (κ3) is 3.11. The molecule has 0 aliphatic carbocycles. The summed E-state index contributed by atoms with van der Waals surface area (Å²) in [4.78, 5) is 13.8. The maximum atomic E-state index is 12.2. The van der Waals surface area contributed by atoms with Gasteiger partial charge in [0.25, 0.3) is 0 Å². The number of nitrogens with zero attached hydrogens (tertiary/aromatic N) is 4. The van der Waals surface area contributed by atoms with E-state index in [-0.39, 0.29) is 12.7 Å². The van der Waals surface area contributed by atoms with Gasteiger partial charge in [-0.25, -0.2) is 4.79 Å². The van der Waals surface area contributed by atoms with Gasteiger partial charge in [-0.2, -0.15) is 10.4 Å². The van der Waals surface area contributed by atoms with Gasteiger partial charge in [0.1, 0.15) is 12.1 Å². The van der Waals surface area contributed by atoms with Crippen LogP contribution in [0.5, 0.6) is 0 Å². The third-order valence-corrected chi connectivity index (χ3v) is 4.37. The number of rotatable bonds is 5. The number of ether oxygens (including phenoxy) is 1. The fourth-order valence-electron chi connectivity index (χ4n) is 2.89. The summed E-state index contributed by atoms with van der Waals surface area (Å²) in [5, 5.41) is 13.5. The topological polar surface area (TPSA) is 71.2 Å². The molecule has 6 heteroatoms. The zero-order chi connectivity index (χ0) is 17.0. The Hall–Kier alpha value is -2.81. The molecule has 2 aromatic rings. The lowest BCUT2D eigenvalue weighted by atomic mass is 9.87. The lowest BCUT2D eigenvalue weighted by Crippen LogP contribution is -2.64. The Morgan fingerprint density at radius 2 is 2.08 bits per heavy atom. The fourth-order valence-corrected chi connectivity index (χ4v) is 2.89. The van der Waals surface area contributed by atoms with E-state index in [0.29, 0.717) is 19.5 Å². The lowest BCUT2D eigenvalue weighted by Gasteiger charge is -2.48. The number of carbonyl (C=O) groups is 1. The number of hydrogen-bond donors (Lipinski definition) is 0. The van der Waals surface area contributed by atoms with Gasteiger partial charge in [0.2, 0.25) is 0 Å². The molecule has 124 valence electrons. The van der Waals surface area contributed by atoms with Gasteiger partial charge in [-0.3, -0.25) is 4.68 Å². The summed E-state index contributed by atoms with van der Waals surface area (Å²) < 4.78 is 7.17. The van der Waals surface area contributed by atoms with E-state index in [0.717, 1.165) is 17.5 Å². The molecule has 24 heavy (non-hydrogen) atoms. The number of hydrogen-bond acceptors (Lipinski definition) is 4. The first-order valence-electron chi connectivity index (χ1n) is 8.03. The summed E-state index contributed by atoms with van der Waals surface area (Å²) in [6, 6.07) is 11.8. The summed E-state index contributed by atoms with van der Waals surface area (Å²) in [6.45, 7) is 3.20. The third-order valence-electron chi connectivity index (χ3n) is 4.37. The van der Waals surface area contributed by atoms with Crippen LogP contribution in [0, 0.1) is 11.3 Å². The van der Waals surface area contributed by atoms with Crippen LogP contribution in [0.3, 0.4) is 0 Å². The average Bonchev–Trinajstić information content (AvgIpc) is 3.06. The Labute approximate surface area is 141 Å². The van der Waals surface area contributed by atoms with E-state index in [1.165, 1.54) is 0 Å². The molecule has 0 spiro atoms. The van der Waals surface area contributed by atoms with Gasteiger partial charge in [-0.05, 0) is 17.5 Å². The number of aryl methyl sites for hydroxylation is 1. The molecule has 1 fully saturated rings. The summed E-state index contributed by atoms with van der Waals surface area (Å²) in [6.07, 6.45) is 4.64. The van der Waals surface area contributed by atoms with E-state index >= 15 is 0 Å². The van der Waals surface area contributed by atoms with Crippen molar-refractivity contribution < 1.29 is 9.53 Å². The highest BCUT2D eigenvalue weighted by atomic mass is 16.6. The second-order valence-electron chi connectivity index (χ2n) is 6.10. The molecule has 1 saturated heterocycles. The van der Waals surface area contributed by atoms with Gasteiger partial charge in [0, 0.05) is 6.20 Å². The predicted octanol–water partition coefficient (Wildman–Crippen LogP) is 2.71. The van der Waals surface area contributed by atoms with E-state index in [9.17, 15) is 4.79 Å². The predicted molar refractivity (Wildman–Crippen MR) is 88.0 cm³/mol. The lowest BCUT2D eigenvalue weighted by molar-refractivity contribution is -0.00260. The molecule has 6 nitrogen and oxygen atoms in total. The Balaban J connectivity index is 1.60. The van der Waals surface area contributed by atoms with Crippen molar-refractivity contribution in [2.75, 3.05) is 13.1 Å². The molecule has 2 heterocycles. The van der Waals surface area contributed by atoms with Crippen LogP contribution in [0.15, 0.2) is 42.7 Å². The average molecular weight is 324 g/mol. The van der Waals surface area contributed by atoms with E-state index in [1.807, 2.05) is 47.4 Å². The minimum absolute atomic E-state index is 0.253. The molecule has 0 atom stereocenters. The molecule has 1 aliphatic rings. The first kappa shape index (κ1) is 16.1. The van der Waals surface area contributed by atoms with Crippen molar-refractivity contribution in [1.82, 2.24) is 14.7 Å². The van der Waals surface area contributed by atoms with Crippen LogP contribution in [-0.4, -0.2) is 33.9 Å². The second-order valence-corrected chi connectivity index (χ2v) is 6.10. The quantitative estimate of drug-likeness (QED) is 0.848.